The van der Waals surface area contributed by atoms with Crippen LogP contribution < -0.4 is 11.2 Å². The number of nitroso groups, excluding NO2 is 6. The minimum absolute atomic E-state index is 0.212. The molecular weight excluding hydrogens is 494 g/mol. The zero-order valence-electron chi connectivity index (χ0n) is 18.8. The van der Waals surface area contributed by atoms with E-state index in [-0.39, 0.29) is 11.1 Å². The second-order valence-electron chi connectivity index (χ2n) is 7.92. The number of rotatable bonds is 10. The van der Waals surface area contributed by atoms with Crippen LogP contribution in [0.3, 0.4) is 0 Å². The summed E-state index contributed by atoms with van der Waals surface area (Å²) < 4.78 is 0. The molecule has 1 aliphatic rings. The number of hydrogen-bond acceptors (Lipinski definition) is 15. The molecule has 2 aromatic rings. The second-order valence-corrected chi connectivity index (χ2v) is 7.92. The topological polar surface area (TPSA) is 252 Å². The molecule has 3 rings (SSSR count). The summed E-state index contributed by atoms with van der Waals surface area (Å²) in [5.41, 5.74) is -3.99. The van der Waals surface area contributed by atoms with Crippen molar-refractivity contribution in [1.82, 2.24) is 10.3 Å². The zero-order chi connectivity index (χ0) is 27.1. The van der Waals surface area contributed by atoms with E-state index in [4.69, 9.17) is 5.84 Å². The van der Waals surface area contributed by atoms with Gasteiger partial charge in [0.2, 0.25) is 0 Å². The van der Waals surface area contributed by atoms with E-state index >= 15 is 0 Å². The Morgan fingerprint density at radius 2 is 1.14 bits per heavy atom. The molecule has 1 aliphatic carbocycles. The largest absolute Gasteiger partial charge is 0.347 e. The van der Waals surface area contributed by atoms with Crippen LogP contribution in [0.2, 0.25) is 0 Å². The van der Waals surface area contributed by atoms with Crippen LogP contribution in [-0.2, 0) is 0 Å². The van der Waals surface area contributed by atoms with Crippen LogP contribution in [0.1, 0.15) is 46.4 Å². The van der Waals surface area contributed by atoms with Crippen molar-refractivity contribution in [1.29, 1.82) is 0 Å². The molecule has 1 saturated carbocycles. The summed E-state index contributed by atoms with van der Waals surface area (Å²) in [6.07, 6.45) is 2.05. The van der Waals surface area contributed by atoms with Gasteiger partial charge in [-0.3, -0.25) is 14.6 Å². The Morgan fingerprint density at radius 1 is 0.703 bits per heavy atom. The van der Waals surface area contributed by atoms with E-state index in [2.05, 4.69) is 36.4 Å². The van der Waals surface area contributed by atoms with E-state index in [0.717, 1.165) is 29.3 Å². The Labute approximate surface area is 206 Å². The van der Waals surface area contributed by atoms with E-state index in [0.29, 0.717) is 25.7 Å². The smallest absolute Gasteiger partial charge is 0.268 e. The number of nitrogens with one attached hydrogen (secondary N) is 1. The van der Waals surface area contributed by atoms with Gasteiger partial charge in [-0.05, 0) is 68.2 Å². The number of nitrogens with two attached hydrogens (primary N) is 1. The lowest BCUT2D eigenvalue weighted by atomic mass is 9.89. The zero-order valence-corrected chi connectivity index (χ0v) is 18.8. The summed E-state index contributed by atoms with van der Waals surface area (Å²) >= 11 is 0. The number of amides is 2. The lowest BCUT2D eigenvalue weighted by molar-refractivity contribution is 0.0558. The highest BCUT2D eigenvalue weighted by atomic mass is 16.3. The summed E-state index contributed by atoms with van der Waals surface area (Å²) in [6, 6.07) is 2.31. The van der Waals surface area contributed by atoms with Gasteiger partial charge in [0.15, 0.2) is 11.4 Å². The van der Waals surface area contributed by atoms with Gasteiger partial charge in [-0.25, -0.2) is 5.84 Å². The summed E-state index contributed by atoms with van der Waals surface area (Å²) in [6.45, 7) is 0. The average molecular weight is 511 g/mol. The van der Waals surface area contributed by atoms with Gasteiger partial charge in [0, 0.05) is 11.1 Å². The van der Waals surface area contributed by atoms with Crippen LogP contribution in [0.25, 0.3) is 0 Å². The number of benzene rings is 2. The maximum absolute atomic E-state index is 13.1. The van der Waals surface area contributed by atoms with Crippen LogP contribution >= 0.6 is 0 Å². The van der Waals surface area contributed by atoms with Gasteiger partial charge in [-0.1, -0.05) is 12.8 Å². The monoisotopic (exact) mass is 511 g/mol. The highest BCUT2D eigenvalue weighted by molar-refractivity contribution is 5.99. The van der Waals surface area contributed by atoms with Crippen molar-refractivity contribution in [2.45, 2.75) is 37.8 Å². The maximum Gasteiger partial charge on any atom is 0.268 e. The Hall–Kier alpha value is -5.06. The third-order valence-corrected chi connectivity index (χ3v) is 5.86. The van der Waals surface area contributed by atoms with Gasteiger partial charge in [-0.15, -0.1) is 29.4 Å². The Morgan fingerprint density at radius 3 is 1.57 bits per heavy atom. The molecule has 17 nitrogen and oxygen atoms in total. The van der Waals surface area contributed by atoms with Gasteiger partial charge in [0.25, 0.3) is 11.8 Å². The number of nitrogens with zero attached hydrogens (tertiary/aromatic N) is 7. The van der Waals surface area contributed by atoms with Crippen molar-refractivity contribution >= 4 is 45.9 Å². The van der Waals surface area contributed by atoms with Crippen molar-refractivity contribution in [3.8, 4) is 0 Å². The van der Waals surface area contributed by atoms with Gasteiger partial charge in [-0.2, -0.15) is 0 Å². The number of carbonyl (C=O) groups is 2. The first-order valence-corrected chi connectivity index (χ1v) is 10.6. The fourth-order valence-corrected chi connectivity index (χ4v) is 4.09. The summed E-state index contributed by atoms with van der Waals surface area (Å²) in [5, 5.41) is 19.0. The van der Waals surface area contributed by atoms with Crippen molar-refractivity contribution in [2.24, 2.45) is 36.9 Å². The molecule has 190 valence electrons. The fraction of sp³-hybridized carbons (Fsp3) is 0.300. The van der Waals surface area contributed by atoms with Crippen LogP contribution in [-0.4, -0.2) is 28.9 Å². The van der Waals surface area contributed by atoms with Crippen LogP contribution in [0, 0.1) is 29.4 Å². The quantitative estimate of drug-likeness (QED) is 0.185. The first kappa shape index (κ1) is 26.5. The van der Waals surface area contributed by atoms with Gasteiger partial charge in [0.05, 0.1) is 12.1 Å². The fourth-order valence-electron chi connectivity index (χ4n) is 4.09. The molecule has 0 unspecified atom stereocenters. The van der Waals surface area contributed by atoms with E-state index < -0.39 is 58.0 Å². The molecule has 0 bridgehead atoms. The predicted octanol–water partition coefficient (Wildman–Crippen LogP) is 5.13. The molecule has 0 radical (unpaired) electrons. The second kappa shape index (κ2) is 11.6. The van der Waals surface area contributed by atoms with E-state index in [9.17, 15) is 39.0 Å². The van der Waals surface area contributed by atoms with Gasteiger partial charge >= 0.3 is 0 Å². The van der Waals surface area contributed by atoms with Crippen LogP contribution in [0.15, 0.2) is 55.3 Å². The van der Waals surface area contributed by atoms with E-state index in [1.165, 1.54) is 0 Å². The van der Waals surface area contributed by atoms with Crippen LogP contribution in [0.4, 0.5) is 34.1 Å². The normalized spacial score (nSPS) is 16.7. The number of hydrogen-bond donors (Lipinski definition) is 2. The third kappa shape index (κ3) is 5.30. The number of hydrazine groups is 1. The molecule has 0 aliphatic heterocycles. The van der Waals surface area contributed by atoms with E-state index in [1.54, 1.807) is 0 Å². The first-order chi connectivity index (χ1) is 17.8. The lowest BCUT2D eigenvalue weighted by Gasteiger charge is -2.37. The lowest BCUT2D eigenvalue weighted by Crippen LogP contribution is -2.57. The maximum atomic E-state index is 13.1. The third-order valence-electron chi connectivity index (χ3n) is 5.86. The molecule has 1 fully saturated rings. The highest BCUT2D eigenvalue weighted by Gasteiger charge is 2.34. The molecule has 37 heavy (non-hydrogen) atoms. The Kier molecular flexibility index (Phi) is 8.31. The molecule has 0 aromatic heterocycles. The molecule has 17 heteroatoms. The molecular formula is C20H17N9O8. The van der Waals surface area contributed by atoms with Crippen molar-refractivity contribution < 1.29 is 9.59 Å². The van der Waals surface area contributed by atoms with Gasteiger partial charge in [0.1, 0.15) is 22.7 Å². The number of carbonyl (C=O) groups excluding carboxylic acids is 2. The molecule has 2 aromatic carbocycles. The minimum Gasteiger partial charge on any atom is -0.347 e. The molecule has 0 saturated heterocycles. The molecule has 0 heterocycles. The summed E-state index contributed by atoms with van der Waals surface area (Å²) in [7, 11) is 0. The molecule has 2 amide bonds. The Bertz CT molecular complexity index is 1260. The summed E-state index contributed by atoms with van der Waals surface area (Å²) in [5.74, 6) is 4.45. The van der Waals surface area contributed by atoms with Crippen molar-refractivity contribution in [3.63, 3.8) is 0 Å². The molecule has 3 N–H and O–H groups in total. The van der Waals surface area contributed by atoms with Crippen LogP contribution in [0.5, 0.6) is 0 Å². The Balaban J connectivity index is 1.89. The standard InChI is InChI=1S/C20H17N9O8/c21-29(20(31)10-7-14(25-34)18(28-37)15(8-10)26-35)16-4-2-1-3-11(16)22-19(30)9-5-12(23-32)17(27-36)13(6-9)24-33/h5-8,11,16H,1-4,21H2,(H,22,30)/t11-,16+/m0/s1. The summed E-state index contributed by atoms with van der Waals surface area (Å²) in [4.78, 5) is 92.0. The SMILES string of the molecule is NN(C(=O)c1cc(N=O)c(N=O)c(N=O)c1)[C@@H]1CCCC[C@@H]1NC(=O)c1cc(N=O)c(N=O)c(N=O)c1. The predicted molar refractivity (Wildman–Crippen MR) is 129 cm³/mol. The molecule has 0 spiro atoms. The first-order valence-electron chi connectivity index (χ1n) is 10.6. The van der Waals surface area contributed by atoms with Crippen molar-refractivity contribution in [3.05, 3.63) is 64.8 Å². The average Bonchev–Trinajstić information content (AvgIpc) is 2.94. The molecule has 2 atom stereocenters. The minimum atomic E-state index is -0.861. The highest BCUT2D eigenvalue weighted by Crippen LogP contribution is 2.40. The van der Waals surface area contributed by atoms with Crippen molar-refractivity contribution in [2.75, 3.05) is 0 Å². The van der Waals surface area contributed by atoms with E-state index in [1.807, 2.05) is 0 Å². The van der Waals surface area contributed by atoms with Gasteiger partial charge < -0.3 is 5.32 Å².